The van der Waals surface area contributed by atoms with E-state index in [-0.39, 0.29) is 11.1 Å². The molecule has 138 valence electrons. The van der Waals surface area contributed by atoms with Gasteiger partial charge in [-0.15, -0.1) is 0 Å². The summed E-state index contributed by atoms with van der Waals surface area (Å²) >= 11 is 5.76. The predicted octanol–water partition coefficient (Wildman–Crippen LogP) is 2.51. The lowest BCUT2D eigenvalue weighted by atomic mass is 10.1. The van der Waals surface area contributed by atoms with Crippen LogP contribution in [0.5, 0.6) is 0 Å². The molecule has 2 aromatic carbocycles. The first-order valence-corrected chi connectivity index (χ1v) is 8.45. The van der Waals surface area contributed by atoms with Crippen molar-refractivity contribution < 1.29 is 23.9 Å². The molecule has 0 bridgehead atoms. The molecule has 0 aliphatic carbocycles. The minimum absolute atomic E-state index is 0.239. The Labute approximate surface area is 159 Å². The monoisotopic (exact) mass is 386 g/mol. The third-order valence-electron chi connectivity index (χ3n) is 4.03. The largest absolute Gasteiger partial charge is 0.454 e. The summed E-state index contributed by atoms with van der Waals surface area (Å²) in [5.41, 5.74) is 0.971. The summed E-state index contributed by atoms with van der Waals surface area (Å²) in [6.07, 6.45) is 0. The number of ether oxygens (including phenoxy) is 1. The van der Waals surface area contributed by atoms with E-state index >= 15 is 0 Å². The fraction of sp³-hybridized carbons (Fsp3) is 0.158. The molecule has 1 heterocycles. The van der Waals surface area contributed by atoms with Crippen LogP contribution in [0.15, 0.2) is 48.5 Å². The number of nitrogens with one attached hydrogen (secondary N) is 1. The molecule has 0 unspecified atom stereocenters. The van der Waals surface area contributed by atoms with Crippen LogP contribution in [0.4, 0.5) is 5.69 Å². The summed E-state index contributed by atoms with van der Waals surface area (Å²) in [6.45, 7) is 0.829. The van der Waals surface area contributed by atoms with Crippen LogP contribution in [-0.4, -0.2) is 41.2 Å². The number of fused-ring (bicyclic) bond motifs is 1. The van der Waals surface area contributed by atoms with Gasteiger partial charge in [0.15, 0.2) is 6.61 Å². The fourth-order valence-corrected chi connectivity index (χ4v) is 2.78. The number of hydrogen-bond acceptors (Lipinski definition) is 5. The van der Waals surface area contributed by atoms with Gasteiger partial charge in [-0.2, -0.15) is 0 Å². The van der Waals surface area contributed by atoms with Crippen molar-refractivity contribution in [2.75, 3.05) is 11.9 Å². The number of halogens is 1. The Balaban J connectivity index is 1.58. The molecule has 3 amide bonds. The zero-order chi connectivity index (χ0) is 19.6. The first kappa shape index (κ1) is 18.6. The molecule has 1 aliphatic heterocycles. The van der Waals surface area contributed by atoms with E-state index in [0.717, 1.165) is 4.90 Å². The van der Waals surface area contributed by atoms with Crippen molar-refractivity contribution in [3.63, 3.8) is 0 Å². The summed E-state index contributed by atoms with van der Waals surface area (Å²) < 4.78 is 4.95. The van der Waals surface area contributed by atoms with E-state index in [2.05, 4.69) is 5.32 Å². The van der Waals surface area contributed by atoms with E-state index < -0.39 is 36.3 Å². The highest BCUT2D eigenvalue weighted by atomic mass is 35.5. The number of amides is 3. The summed E-state index contributed by atoms with van der Waals surface area (Å²) in [6, 6.07) is 11.6. The molecule has 0 radical (unpaired) electrons. The molecule has 0 saturated carbocycles. The van der Waals surface area contributed by atoms with E-state index in [1.165, 1.54) is 19.1 Å². The van der Waals surface area contributed by atoms with Crippen LogP contribution in [0.1, 0.15) is 27.6 Å². The third-order valence-corrected chi connectivity index (χ3v) is 4.28. The van der Waals surface area contributed by atoms with Gasteiger partial charge < -0.3 is 10.1 Å². The van der Waals surface area contributed by atoms with Gasteiger partial charge in [0, 0.05) is 10.7 Å². The average Bonchev–Trinajstić information content (AvgIpc) is 2.92. The van der Waals surface area contributed by atoms with E-state index in [1.54, 1.807) is 36.4 Å². The second kappa shape index (κ2) is 7.59. The normalized spacial score (nSPS) is 13.9. The van der Waals surface area contributed by atoms with Crippen molar-refractivity contribution in [1.82, 2.24) is 4.90 Å². The molecular weight excluding hydrogens is 372 g/mol. The third kappa shape index (κ3) is 3.83. The SMILES string of the molecule is C[C@H](C(=O)OCC(=O)Nc1ccc(Cl)cc1)N1C(=O)c2ccccc2C1=O. The molecule has 8 heteroatoms. The number of imide groups is 1. The van der Waals surface area contributed by atoms with Crippen LogP contribution in [0.3, 0.4) is 0 Å². The quantitative estimate of drug-likeness (QED) is 0.629. The highest BCUT2D eigenvalue weighted by molar-refractivity contribution is 6.30. The second-order valence-electron chi connectivity index (χ2n) is 5.86. The highest BCUT2D eigenvalue weighted by Crippen LogP contribution is 2.24. The minimum atomic E-state index is -1.15. The van der Waals surface area contributed by atoms with E-state index in [4.69, 9.17) is 16.3 Å². The van der Waals surface area contributed by atoms with Gasteiger partial charge in [-0.1, -0.05) is 23.7 Å². The summed E-state index contributed by atoms with van der Waals surface area (Å²) in [5.74, 6) is -2.53. The van der Waals surface area contributed by atoms with Crippen molar-refractivity contribution in [1.29, 1.82) is 0 Å². The summed E-state index contributed by atoms with van der Waals surface area (Å²) in [4.78, 5) is 49.7. The van der Waals surface area contributed by atoms with Crippen LogP contribution in [0.2, 0.25) is 5.02 Å². The lowest BCUT2D eigenvalue weighted by molar-refractivity contribution is -0.150. The molecule has 0 spiro atoms. The molecule has 0 fully saturated rings. The number of anilines is 1. The lowest BCUT2D eigenvalue weighted by Gasteiger charge is -2.20. The average molecular weight is 387 g/mol. The smallest absolute Gasteiger partial charge is 0.329 e. The van der Waals surface area contributed by atoms with Gasteiger partial charge >= 0.3 is 5.97 Å². The summed E-state index contributed by atoms with van der Waals surface area (Å²) in [5, 5.41) is 3.06. The zero-order valence-electron chi connectivity index (χ0n) is 14.3. The van der Waals surface area contributed by atoms with Crippen LogP contribution >= 0.6 is 11.6 Å². The number of benzene rings is 2. The highest BCUT2D eigenvalue weighted by Gasteiger charge is 2.41. The van der Waals surface area contributed by atoms with E-state index in [9.17, 15) is 19.2 Å². The Morgan fingerprint density at radius 1 is 1.04 bits per heavy atom. The van der Waals surface area contributed by atoms with Crippen molar-refractivity contribution in [3.8, 4) is 0 Å². The molecule has 1 N–H and O–H groups in total. The topological polar surface area (TPSA) is 92.8 Å². The van der Waals surface area contributed by atoms with Crippen LogP contribution in [-0.2, 0) is 14.3 Å². The fourth-order valence-electron chi connectivity index (χ4n) is 2.65. The molecule has 3 rings (SSSR count). The van der Waals surface area contributed by atoms with Crippen LogP contribution in [0.25, 0.3) is 0 Å². The first-order chi connectivity index (χ1) is 12.9. The second-order valence-corrected chi connectivity index (χ2v) is 6.30. The minimum Gasteiger partial charge on any atom is -0.454 e. The molecule has 0 saturated heterocycles. The maximum absolute atomic E-state index is 12.4. The van der Waals surface area contributed by atoms with Crippen molar-refractivity contribution >= 4 is 41.0 Å². The Morgan fingerprint density at radius 3 is 2.15 bits per heavy atom. The number of esters is 1. The van der Waals surface area contributed by atoms with Crippen LogP contribution in [0, 0.1) is 0 Å². The molecule has 27 heavy (non-hydrogen) atoms. The van der Waals surface area contributed by atoms with Crippen molar-refractivity contribution in [2.24, 2.45) is 0 Å². The Kier molecular flexibility index (Phi) is 5.23. The molecule has 1 atom stereocenters. The number of nitrogens with zero attached hydrogens (tertiary/aromatic N) is 1. The standard InChI is InChI=1S/C19H15ClN2O5/c1-11(22-17(24)14-4-2-3-5-15(14)18(22)25)19(26)27-10-16(23)21-13-8-6-12(20)7-9-13/h2-9,11H,10H2,1H3,(H,21,23)/t11-/m1/s1. The maximum atomic E-state index is 12.4. The Morgan fingerprint density at radius 2 is 1.59 bits per heavy atom. The molecular formula is C19H15ClN2O5. The Bertz CT molecular complexity index is 891. The Hall–Kier alpha value is -3.19. The van der Waals surface area contributed by atoms with Crippen molar-refractivity contribution in [3.05, 3.63) is 64.7 Å². The van der Waals surface area contributed by atoms with Crippen molar-refractivity contribution in [2.45, 2.75) is 13.0 Å². The number of carbonyl (C=O) groups excluding carboxylic acids is 4. The van der Waals surface area contributed by atoms with Crippen LogP contribution < -0.4 is 5.32 Å². The first-order valence-electron chi connectivity index (χ1n) is 8.07. The van der Waals surface area contributed by atoms with Gasteiger partial charge in [0.05, 0.1) is 11.1 Å². The number of rotatable bonds is 5. The zero-order valence-corrected chi connectivity index (χ0v) is 15.0. The molecule has 2 aromatic rings. The van der Waals surface area contributed by atoms with Gasteiger partial charge in [-0.05, 0) is 43.3 Å². The predicted molar refractivity (Wildman–Crippen MR) is 97.4 cm³/mol. The van der Waals surface area contributed by atoms with E-state index in [1.807, 2.05) is 0 Å². The number of hydrogen-bond donors (Lipinski definition) is 1. The van der Waals surface area contributed by atoms with Gasteiger partial charge in [0.1, 0.15) is 6.04 Å². The molecule has 1 aliphatic rings. The lowest BCUT2D eigenvalue weighted by Crippen LogP contribution is -2.44. The molecule has 0 aromatic heterocycles. The van der Waals surface area contributed by atoms with E-state index in [0.29, 0.717) is 10.7 Å². The van der Waals surface area contributed by atoms with Gasteiger partial charge in [0.2, 0.25) is 0 Å². The summed E-state index contributed by atoms with van der Waals surface area (Å²) in [7, 11) is 0. The van der Waals surface area contributed by atoms with Gasteiger partial charge in [0.25, 0.3) is 17.7 Å². The number of carbonyl (C=O) groups is 4. The van der Waals surface area contributed by atoms with Gasteiger partial charge in [-0.3, -0.25) is 19.3 Å². The van der Waals surface area contributed by atoms with Gasteiger partial charge in [-0.25, -0.2) is 4.79 Å². The molecule has 7 nitrogen and oxygen atoms in total. The maximum Gasteiger partial charge on any atom is 0.329 e.